The third kappa shape index (κ3) is 3.26. The Morgan fingerprint density at radius 3 is 2.75 bits per heavy atom. The van der Waals surface area contributed by atoms with Crippen LogP contribution >= 0.6 is 35.6 Å². The van der Waals surface area contributed by atoms with Gasteiger partial charge in [-0.15, -0.1) is 0 Å². The Hall–Kier alpha value is -2.02. The van der Waals surface area contributed by atoms with E-state index in [9.17, 15) is 9.90 Å². The Balaban J connectivity index is 1.92. The number of halogens is 1. The van der Waals surface area contributed by atoms with Gasteiger partial charge in [0.05, 0.1) is 17.7 Å². The number of thioether (sulfide) groups is 1. The molecule has 0 bridgehead atoms. The Bertz CT molecular complexity index is 867. The summed E-state index contributed by atoms with van der Waals surface area (Å²) in [7, 11) is 1.48. The van der Waals surface area contributed by atoms with Gasteiger partial charge in [0, 0.05) is 5.02 Å². The lowest BCUT2D eigenvalue weighted by atomic mass is 10.2. The molecule has 4 nitrogen and oxygen atoms in total. The minimum atomic E-state index is -0.220. The van der Waals surface area contributed by atoms with Crippen molar-refractivity contribution in [3.63, 3.8) is 0 Å². The molecule has 0 aliphatic carbocycles. The smallest absolute Gasteiger partial charge is 0.270 e. The topological polar surface area (TPSA) is 49.8 Å². The molecule has 2 aromatic rings. The van der Waals surface area contributed by atoms with E-state index in [4.69, 9.17) is 28.6 Å². The van der Waals surface area contributed by atoms with Crippen LogP contribution in [-0.2, 0) is 4.79 Å². The molecule has 1 amide bonds. The van der Waals surface area contributed by atoms with Gasteiger partial charge >= 0.3 is 0 Å². The third-order valence-electron chi connectivity index (χ3n) is 3.36. The molecular formula is C17H12ClNO3S2. The largest absolute Gasteiger partial charge is 0.504 e. The first-order valence-electron chi connectivity index (χ1n) is 6.90. The van der Waals surface area contributed by atoms with Gasteiger partial charge in [0.25, 0.3) is 5.91 Å². The predicted octanol–water partition coefficient (Wildman–Crippen LogP) is 4.46. The highest BCUT2D eigenvalue weighted by atomic mass is 35.5. The molecule has 0 atom stereocenters. The van der Waals surface area contributed by atoms with Gasteiger partial charge in [0.2, 0.25) is 0 Å². The van der Waals surface area contributed by atoms with Gasteiger partial charge in [-0.1, -0.05) is 47.7 Å². The third-order valence-corrected chi connectivity index (χ3v) is 4.90. The summed E-state index contributed by atoms with van der Waals surface area (Å²) in [6, 6.07) is 11.9. The Kier molecular flexibility index (Phi) is 4.80. The number of ether oxygens (including phenoxy) is 1. The molecule has 0 spiro atoms. The standard InChI is InChI=1S/C17H12ClNO3S2/c1-22-14-6-5-10(7-13(14)20)8-15-16(21)19(17(23)24-15)12-4-2-3-11(18)9-12/h2-9,20H,1H3. The van der Waals surface area contributed by atoms with E-state index in [2.05, 4.69) is 0 Å². The molecular weight excluding hydrogens is 366 g/mol. The summed E-state index contributed by atoms with van der Waals surface area (Å²) in [6.07, 6.45) is 1.68. The molecule has 1 aliphatic rings. The zero-order valence-corrected chi connectivity index (χ0v) is 14.9. The van der Waals surface area contributed by atoms with Crippen molar-refractivity contribution in [1.29, 1.82) is 0 Å². The van der Waals surface area contributed by atoms with Crippen LogP contribution in [0.2, 0.25) is 5.02 Å². The molecule has 2 aromatic carbocycles. The molecule has 0 unspecified atom stereocenters. The fraction of sp³-hybridized carbons (Fsp3) is 0.0588. The zero-order valence-electron chi connectivity index (χ0n) is 12.5. The number of nitrogens with zero attached hydrogens (tertiary/aromatic N) is 1. The number of carbonyl (C=O) groups excluding carboxylic acids is 1. The second kappa shape index (κ2) is 6.84. The number of benzene rings is 2. The molecule has 3 rings (SSSR count). The maximum Gasteiger partial charge on any atom is 0.270 e. The summed E-state index contributed by atoms with van der Waals surface area (Å²) in [5.74, 6) is 0.165. The molecule has 0 aromatic heterocycles. The zero-order chi connectivity index (χ0) is 17.3. The van der Waals surface area contributed by atoms with Gasteiger partial charge < -0.3 is 9.84 Å². The summed E-state index contributed by atoms with van der Waals surface area (Å²) in [4.78, 5) is 14.6. The predicted molar refractivity (Wildman–Crippen MR) is 102 cm³/mol. The van der Waals surface area contributed by atoms with Crippen molar-refractivity contribution in [2.45, 2.75) is 0 Å². The van der Waals surface area contributed by atoms with E-state index < -0.39 is 0 Å². The molecule has 7 heteroatoms. The van der Waals surface area contributed by atoms with E-state index in [1.165, 1.54) is 29.8 Å². The van der Waals surface area contributed by atoms with Crippen LogP contribution in [0.15, 0.2) is 47.4 Å². The van der Waals surface area contributed by atoms with Crippen LogP contribution in [0.25, 0.3) is 6.08 Å². The lowest BCUT2D eigenvalue weighted by molar-refractivity contribution is -0.113. The van der Waals surface area contributed by atoms with Crippen LogP contribution in [-0.4, -0.2) is 22.4 Å². The van der Waals surface area contributed by atoms with E-state index in [0.717, 1.165) is 0 Å². The summed E-state index contributed by atoms with van der Waals surface area (Å²) in [5, 5.41) is 10.4. The summed E-state index contributed by atoms with van der Waals surface area (Å²) < 4.78 is 5.45. The van der Waals surface area contributed by atoms with Crippen LogP contribution in [0, 0.1) is 0 Å². The van der Waals surface area contributed by atoms with Crippen molar-refractivity contribution in [1.82, 2.24) is 0 Å². The Morgan fingerprint density at radius 1 is 1.29 bits per heavy atom. The molecule has 1 heterocycles. The first-order valence-corrected chi connectivity index (χ1v) is 8.50. The van der Waals surface area contributed by atoms with Crippen molar-refractivity contribution in [3.05, 3.63) is 58.0 Å². The molecule has 1 fully saturated rings. The van der Waals surface area contributed by atoms with E-state index in [1.54, 1.807) is 42.5 Å². The Labute approximate surface area is 153 Å². The van der Waals surface area contributed by atoms with E-state index in [1.807, 2.05) is 0 Å². The van der Waals surface area contributed by atoms with E-state index >= 15 is 0 Å². The van der Waals surface area contributed by atoms with Crippen LogP contribution in [0.5, 0.6) is 11.5 Å². The van der Waals surface area contributed by atoms with Crippen LogP contribution in [0.1, 0.15) is 5.56 Å². The first-order chi connectivity index (χ1) is 11.5. The van der Waals surface area contributed by atoms with Crippen molar-refractivity contribution >= 4 is 57.6 Å². The lowest BCUT2D eigenvalue weighted by Crippen LogP contribution is -2.27. The number of hydrogen-bond donors (Lipinski definition) is 1. The van der Waals surface area contributed by atoms with E-state index in [0.29, 0.717) is 31.2 Å². The van der Waals surface area contributed by atoms with Crippen molar-refractivity contribution in [2.24, 2.45) is 0 Å². The van der Waals surface area contributed by atoms with E-state index in [-0.39, 0.29) is 11.7 Å². The number of carbonyl (C=O) groups is 1. The molecule has 1 N–H and O–H groups in total. The van der Waals surface area contributed by atoms with Crippen LogP contribution in [0.3, 0.4) is 0 Å². The average molecular weight is 378 g/mol. The second-order valence-electron chi connectivity index (χ2n) is 4.93. The molecule has 122 valence electrons. The van der Waals surface area contributed by atoms with Gasteiger partial charge in [-0.05, 0) is 42.0 Å². The number of methoxy groups -OCH3 is 1. The Morgan fingerprint density at radius 2 is 2.08 bits per heavy atom. The number of amides is 1. The number of phenolic OH excluding ortho intramolecular Hbond substituents is 1. The molecule has 1 saturated heterocycles. The number of aromatic hydroxyl groups is 1. The SMILES string of the molecule is COc1ccc(C=C2SC(=S)N(c3cccc(Cl)c3)C2=O)cc1O. The van der Waals surface area contributed by atoms with Crippen molar-refractivity contribution < 1.29 is 14.6 Å². The van der Waals surface area contributed by atoms with Gasteiger partial charge in [-0.2, -0.15) is 0 Å². The van der Waals surface area contributed by atoms with Gasteiger partial charge in [0.1, 0.15) is 0 Å². The van der Waals surface area contributed by atoms with Crippen molar-refractivity contribution in [2.75, 3.05) is 12.0 Å². The summed E-state index contributed by atoms with van der Waals surface area (Å²) in [6.45, 7) is 0. The minimum absolute atomic E-state index is 0.0107. The highest BCUT2D eigenvalue weighted by Crippen LogP contribution is 2.37. The average Bonchev–Trinajstić information content (AvgIpc) is 2.81. The number of hydrogen-bond acceptors (Lipinski definition) is 5. The fourth-order valence-corrected chi connectivity index (χ4v) is 3.74. The fourth-order valence-electron chi connectivity index (χ4n) is 2.25. The summed E-state index contributed by atoms with van der Waals surface area (Å²) in [5.41, 5.74) is 1.31. The molecule has 0 saturated carbocycles. The molecule has 0 radical (unpaired) electrons. The van der Waals surface area contributed by atoms with Gasteiger partial charge in [0.15, 0.2) is 15.8 Å². The monoisotopic (exact) mass is 377 g/mol. The van der Waals surface area contributed by atoms with Crippen molar-refractivity contribution in [3.8, 4) is 11.5 Å². The normalized spacial score (nSPS) is 16.1. The molecule has 1 aliphatic heterocycles. The van der Waals surface area contributed by atoms with Gasteiger partial charge in [-0.3, -0.25) is 9.69 Å². The number of anilines is 1. The highest BCUT2D eigenvalue weighted by Gasteiger charge is 2.33. The van der Waals surface area contributed by atoms with Crippen LogP contribution in [0.4, 0.5) is 5.69 Å². The maximum absolute atomic E-state index is 12.7. The highest BCUT2D eigenvalue weighted by molar-refractivity contribution is 8.27. The summed E-state index contributed by atoms with van der Waals surface area (Å²) >= 11 is 12.5. The van der Waals surface area contributed by atoms with Crippen LogP contribution < -0.4 is 9.64 Å². The minimum Gasteiger partial charge on any atom is -0.504 e. The molecule has 24 heavy (non-hydrogen) atoms. The number of rotatable bonds is 3. The van der Waals surface area contributed by atoms with Gasteiger partial charge in [-0.25, -0.2) is 0 Å². The maximum atomic E-state index is 12.7. The number of thiocarbonyl (C=S) groups is 1. The lowest BCUT2D eigenvalue weighted by Gasteiger charge is -2.14. The second-order valence-corrected chi connectivity index (χ2v) is 7.04. The number of phenols is 1. The first kappa shape index (κ1) is 16.8. The quantitative estimate of drug-likeness (QED) is 0.632.